The van der Waals surface area contributed by atoms with E-state index in [1.54, 1.807) is 24.3 Å². The van der Waals surface area contributed by atoms with Gasteiger partial charge in [-0.05, 0) is 58.0 Å². The molecular weight excluding hydrogens is 484 g/mol. The van der Waals surface area contributed by atoms with Crippen molar-refractivity contribution in [3.8, 4) is 50.3 Å². The fourth-order valence-corrected chi connectivity index (χ4v) is 6.32. The highest BCUT2D eigenvalue weighted by Gasteiger charge is 2.27. The van der Waals surface area contributed by atoms with E-state index in [1.165, 1.54) is 39.8 Å². The van der Waals surface area contributed by atoms with E-state index < -0.39 is 0 Å². The second-order valence-corrected chi connectivity index (χ2v) is 9.94. The molecular formula is C36H21F2N. The van der Waals surface area contributed by atoms with Gasteiger partial charge in [0.05, 0.1) is 16.9 Å². The summed E-state index contributed by atoms with van der Waals surface area (Å²) in [6, 6.07) is 40.6. The number of rotatable bonds is 3. The first-order chi connectivity index (χ1) is 19.2. The Morgan fingerprint density at radius 3 is 1.67 bits per heavy atom. The molecule has 1 aliphatic carbocycles. The number of para-hydroxylation sites is 1. The standard InChI is InChI=1S/C36H21F2N/c37-30-17-6-3-12-26(30)35-29-14-5-8-19-32(29)39(36(35)27-13-4-7-18-31(27)38)33-21-20-25-23-11-2-1-10-22(23)24-15-9-16-28(33)34(24)25/h1-21H. The summed E-state index contributed by atoms with van der Waals surface area (Å²) in [4.78, 5) is 0. The van der Waals surface area contributed by atoms with Crippen LogP contribution < -0.4 is 0 Å². The van der Waals surface area contributed by atoms with E-state index in [0.717, 1.165) is 22.0 Å². The van der Waals surface area contributed by atoms with Crippen LogP contribution in [0.4, 0.5) is 8.78 Å². The molecule has 39 heavy (non-hydrogen) atoms. The Bertz CT molecular complexity index is 2070. The number of halogens is 2. The van der Waals surface area contributed by atoms with Crippen molar-refractivity contribution in [2.75, 3.05) is 0 Å². The lowest BCUT2D eigenvalue weighted by molar-refractivity contribution is 0.628. The third-order valence-electron chi connectivity index (χ3n) is 7.91. The minimum absolute atomic E-state index is 0.339. The fraction of sp³-hybridized carbons (Fsp3) is 0. The van der Waals surface area contributed by atoms with Crippen molar-refractivity contribution in [2.24, 2.45) is 0 Å². The average Bonchev–Trinajstić information content (AvgIpc) is 3.48. The molecule has 0 bridgehead atoms. The molecule has 7 aromatic rings. The molecule has 0 atom stereocenters. The lowest BCUT2D eigenvalue weighted by atomic mass is 9.97. The molecule has 3 heteroatoms. The molecule has 1 aliphatic rings. The van der Waals surface area contributed by atoms with Crippen LogP contribution >= 0.6 is 0 Å². The van der Waals surface area contributed by atoms with E-state index in [1.807, 2.05) is 36.4 Å². The average molecular weight is 506 g/mol. The molecule has 0 amide bonds. The number of hydrogen-bond acceptors (Lipinski definition) is 0. The summed E-state index contributed by atoms with van der Waals surface area (Å²) in [5.41, 5.74) is 8.84. The maximum atomic E-state index is 15.6. The second-order valence-electron chi connectivity index (χ2n) is 9.94. The molecule has 0 N–H and O–H groups in total. The summed E-state index contributed by atoms with van der Waals surface area (Å²) in [6.07, 6.45) is 0. The molecule has 0 fully saturated rings. The predicted molar refractivity (Wildman–Crippen MR) is 156 cm³/mol. The van der Waals surface area contributed by atoms with Gasteiger partial charge in [0.2, 0.25) is 0 Å². The Kier molecular flexibility index (Phi) is 4.65. The van der Waals surface area contributed by atoms with Crippen LogP contribution in [0.1, 0.15) is 0 Å². The minimum atomic E-state index is -0.350. The summed E-state index contributed by atoms with van der Waals surface area (Å²) in [6.45, 7) is 0. The lowest BCUT2D eigenvalue weighted by Gasteiger charge is -2.17. The van der Waals surface area contributed by atoms with Crippen LogP contribution in [-0.2, 0) is 0 Å². The van der Waals surface area contributed by atoms with E-state index in [4.69, 9.17) is 0 Å². The molecule has 0 radical (unpaired) electrons. The molecule has 0 spiro atoms. The first-order valence-corrected chi connectivity index (χ1v) is 13.0. The number of fused-ring (bicyclic) bond motifs is 4. The largest absolute Gasteiger partial charge is 0.308 e. The van der Waals surface area contributed by atoms with Gasteiger partial charge in [0.15, 0.2) is 0 Å². The Hall–Kier alpha value is -5.02. The van der Waals surface area contributed by atoms with Gasteiger partial charge in [-0.2, -0.15) is 0 Å². The van der Waals surface area contributed by atoms with Crippen LogP contribution in [0.5, 0.6) is 0 Å². The van der Waals surface area contributed by atoms with Gasteiger partial charge in [-0.25, -0.2) is 8.78 Å². The SMILES string of the molecule is Fc1ccccc1-c1c(-c2ccccc2F)n(-c2ccc3c4c(cccc24)-c2ccccc2-3)c2ccccc12. The van der Waals surface area contributed by atoms with Gasteiger partial charge in [-0.15, -0.1) is 0 Å². The fourth-order valence-electron chi connectivity index (χ4n) is 6.32. The number of benzene rings is 6. The second kappa shape index (κ2) is 8.24. The van der Waals surface area contributed by atoms with Gasteiger partial charge in [0.25, 0.3) is 0 Å². The number of aromatic nitrogens is 1. The Labute approximate surface area is 224 Å². The molecule has 1 nitrogen and oxygen atoms in total. The topological polar surface area (TPSA) is 4.93 Å². The van der Waals surface area contributed by atoms with Crippen molar-refractivity contribution < 1.29 is 8.78 Å². The first-order valence-electron chi connectivity index (χ1n) is 13.0. The van der Waals surface area contributed by atoms with Crippen LogP contribution in [0.3, 0.4) is 0 Å². The van der Waals surface area contributed by atoms with Crippen LogP contribution in [0.15, 0.2) is 127 Å². The highest BCUT2D eigenvalue weighted by Crippen LogP contribution is 2.50. The molecule has 0 saturated heterocycles. The predicted octanol–water partition coefficient (Wildman–Crippen LogP) is 10.0. The van der Waals surface area contributed by atoms with Crippen LogP contribution in [-0.4, -0.2) is 4.57 Å². The van der Waals surface area contributed by atoms with Crippen LogP contribution in [0.25, 0.3) is 72.0 Å². The van der Waals surface area contributed by atoms with Crippen molar-refractivity contribution in [1.82, 2.24) is 4.57 Å². The molecule has 0 unspecified atom stereocenters. The van der Waals surface area contributed by atoms with E-state index in [9.17, 15) is 0 Å². The third-order valence-corrected chi connectivity index (χ3v) is 7.91. The monoisotopic (exact) mass is 505 g/mol. The van der Waals surface area contributed by atoms with E-state index >= 15 is 8.78 Å². The quantitative estimate of drug-likeness (QED) is 0.225. The normalized spacial score (nSPS) is 11.8. The van der Waals surface area contributed by atoms with Crippen molar-refractivity contribution in [1.29, 1.82) is 0 Å². The van der Waals surface area contributed by atoms with Gasteiger partial charge in [-0.1, -0.05) is 97.1 Å². The molecule has 6 aromatic carbocycles. The molecule has 0 saturated carbocycles. The Morgan fingerprint density at radius 1 is 0.410 bits per heavy atom. The Balaban J connectivity index is 1.56. The Morgan fingerprint density at radius 2 is 0.949 bits per heavy atom. The zero-order valence-corrected chi connectivity index (χ0v) is 20.8. The number of nitrogens with zero attached hydrogens (tertiary/aromatic N) is 1. The van der Waals surface area contributed by atoms with Gasteiger partial charge >= 0.3 is 0 Å². The van der Waals surface area contributed by atoms with Gasteiger partial charge in [0.1, 0.15) is 11.6 Å². The third kappa shape index (κ3) is 3.04. The molecule has 8 rings (SSSR count). The maximum absolute atomic E-state index is 15.6. The zero-order chi connectivity index (χ0) is 26.1. The first kappa shape index (κ1) is 22.0. The number of hydrogen-bond donors (Lipinski definition) is 0. The van der Waals surface area contributed by atoms with Gasteiger partial charge < -0.3 is 4.57 Å². The highest BCUT2D eigenvalue weighted by molar-refractivity contribution is 6.18. The zero-order valence-electron chi connectivity index (χ0n) is 20.8. The molecule has 1 heterocycles. The van der Waals surface area contributed by atoms with Crippen LogP contribution in [0.2, 0.25) is 0 Å². The summed E-state index contributed by atoms with van der Waals surface area (Å²) < 4.78 is 33.2. The summed E-state index contributed by atoms with van der Waals surface area (Å²) in [5, 5.41) is 3.12. The van der Waals surface area contributed by atoms with Crippen molar-refractivity contribution in [3.05, 3.63) is 139 Å². The highest BCUT2D eigenvalue weighted by atomic mass is 19.1. The van der Waals surface area contributed by atoms with Crippen LogP contribution in [0, 0.1) is 11.6 Å². The minimum Gasteiger partial charge on any atom is -0.308 e. The van der Waals surface area contributed by atoms with E-state index in [2.05, 4.69) is 59.2 Å². The lowest BCUT2D eigenvalue weighted by Crippen LogP contribution is -2.00. The maximum Gasteiger partial charge on any atom is 0.132 e. The summed E-state index contributed by atoms with van der Waals surface area (Å²) in [7, 11) is 0. The van der Waals surface area contributed by atoms with Crippen molar-refractivity contribution in [2.45, 2.75) is 0 Å². The van der Waals surface area contributed by atoms with E-state index in [0.29, 0.717) is 22.4 Å². The summed E-state index contributed by atoms with van der Waals surface area (Å²) >= 11 is 0. The molecule has 0 aliphatic heterocycles. The van der Waals surface area contributed by atoms with E-state index in [-0.39, 0.29) is 11.6 Å². The van der Waals surface area contributed by atoms with Gasteiger partial charge in [0, 0.05) is 27.5 Å². The van der Waals surface area contributed by atoms with Gasteiger partial charge in [-0.3, -0.25) is 0 Å². The molecule has 184 valence electrons. The van der Waals surface area contributed by atoms with Crippen molar-refractivity contribution >= 4 is 21.7 Å². The summed E-state index contributed by atoms with van der Waals surface area (Å²) in [5.74, 6) is -0.689. The molecule has 1 aromatic heterocycles. The smallest absolute Gasteiger partial charge is 0.132 e. The van der Waals surface area contributed by atoms with Crippen molar-refractivity contribution in [3.63, 3.8) is 0 Å².